The third kappa shape index (κ3) is 3.19. The molecule has 4 atom stereocenters. The first-order valence-corrected chi connectivity index (χ1v) is 12.6. The third-order valence-electron chi connectivity index (χ3n) is 7.78. The molecule has 36 heavy (non-hydrogen) atoms. The van der Waals surface area contributed by atoms with Gasteiger partial charge in [-0.3, -0.25) is 19.6 Å². The van der Waals surface area contributed by atoms with Crippen LogP contribution < -0.4 is 11.1 Å². The summed E-state index contributed by atoms with van der Waals surface area (Å²) in [6, 6.07) is 10.7. The van der Waals surface area contributed by atoms with Crippen LogP contribution in [0.3, 0.4) is 0 Å². The number of carbonyl (C=O) groups excluding carboxylic acids is 2. The number of fused-ring (bicyclic) bond motifs is 4. The second-order valence-corrected chi connectivity index (χ2v) is 11.0. The number of thioether (sulfide) groups is 1. The van der Waals surface area contributed by atoms with Crippen LogP contribution in [0.5, 0.6) is 0 Å². The lowest BCUT2D eigenvalue weighted by Crippen LogP contribution is -2.55. The van der Waals surface area contributed by atoms with Gasteiger partial charge in [0.15, 0.2) is 5.17 Å². The highest BCUT2D eigenvalue weighted by atomic mass is 32.2. The van der Waals surface area contributed by atoms with E-state index in [4.69, 9.17) is 16.0 Å². The topological polar surface area (TPSA) is 124 Å². The van der Waals surface area contributed by atoms with Crippen molar-refractivity contribution < 1.29 is 14.0 Å². The average molecular weight is 503 g/mol. The van der Waals surface area contributed by atoms with Crippen molar-refractivity contribution in [1.29, 1.82) is 5.26 Å². The lowest BCUT2D eigenvalue weighted by atomic mass is 9.66. The van der Waals surface area contributed by atoms with E-state index in [1.807, 2.05) is 31.2 Å². The molecule has 1 saturated heterocycles. The highest BCUT2D eigenvalue weighted by Crippen LogP contribution is 2.73. The number of hydrogen-bond donors (Lipinski definition) is 2. The number of hydrogen-bond acceptors (Lipinski definition) is 7. The maximum absolute atomic E-state index is 14.9. The molecule has 8 nitrogen and oxygen atoms in total. The summed E-state index contributed by atoms with van der Waals surface area (Å²) >= 11 is 1.32. The zero-order valence-corrected chi connectivity index (χ0v) is 20.3. The fourth-order valence-electron chi connectivity index (χ4n) is 6.07. The van der Waals surface area contributed by atoms with E-state index in [0.29, 0.717) is 35.8 Å². The fraction of sp³-hybridized carbons (Fsp3) is 0.346. The lowest BCUT2D eigenvalue weighted by Gasteiger charge is -2.45. The highest BCUT2D eigenvalue weighted by Gasteiger charge is 2.79. The Balaban J connectivity index is 1.33. The van der Waals surface area contributed by atoms with E-state index in [-0.39, 0.29) is 35.9 Å². The number of pyridine rings is 1. The van der Waals surface area contributed by atoms with Crippen LogP contribution in [0.1, 0.15) is 34.9 Å². The van der Waals surface area contributed by atoms with Crippen molar-refractivity contribution >= 4 is 40.6 Å². The molecule has 2 fully saturated rings. The molecule has 0 bridgehead atoms. The molecule has 2 unspecified atom stereocenters. The van der Waals surface area contributed by atoms with E-state index in [1.54, 1.807) is 4.90 Å². The van der Waals surface area contributed by atoms with Crippen molar-refractivity contribution in [2.45, 2.75) is 23.6 Å². The summed E-state index contributed by atoms with van der Waals surface area (Å²) in [6.07, 6.45) is 3.41. The summed E-state index contributed by atoms with van der Waals surface area (Å²) in [4.78, 5) is 36.2. The predicted molar refractivity (Wildman–Crippen MR) is 134 cm³/mol. The van der Waals surface area contributed by atoms with Crippen LogP contribution in [-0.2, 0) is 21.5 Å². The van der Waals surface area contributed by atoms with Gasteiger partial charge in [0.1, 0.15) is 16.6 Å². The maximum Gasteiger partial charge on any atom is 0.240 e. The molecule has 3 N–H and O–H groups in total. The number of nitrogens with zero attached hydrogens (tertiary/aromatic N) is 4. The molecule has 0 radical (unpaired) electrons. The number of halogens is 1. The third-order valence-corrected chi connectivity index (χ3v) is 9.22. The van der Waals surface area contributed by atoms with Gasteiger partial charge in [0.25, 0.3) is 0 Å². The van der Waals surface area contributed by atoms with Crippen LogP contribution in [0.25, 0.3) is 11.9 Å². The summed E-state index contributed by atoms with van der Waals surface area (Å²) in [5.41, 5.74) is 8.91. The molecule has 4 aliphatic rings. The van der Waals surface area contributed by atoms with Gasteiger partial charge >= 0.3 is 0 Å². The molecule has 3 heterocycles. The van der Waals surface area contributed by atoms with E-state index in [2.05, 4.69) is 10.3 Å². The molecule has 2 aromatic rings. The molecule has 6 rings (SSSR count). The Morgan fingerprint density at radius 3 is 2.94 bits per heavy atom. The van der Waals surface area contributed by atoms with Crippen molar-refractivity contribution in [2.75, 3.05) is 19.6 Å². The maximum atomic E-state index is 14.9. The number of amides is 2. The van der Waals surface area contributed by atoms with Crippen molar-refractivity contribution in [3.63, 3.8) is 0 Å². The van der Waals surface area contributed by atoms with Gasteiger partial charge in [-0.25, -0.2) is 4.39 Å². The largest absolute Gasteiger partial charge is 0.378 e. The fourth-order valence-corrected chi connectivity index (χ4v) is 7.62. The Kier molecular flexibility index (Phi) is 4.99. The number of benzene rings is 1. The number of nitrogens with one attached hydrogen (secondary N) is 1. The number of amidine groups is 1. The van der Waals surface area contributed by atoms with E-state index in [9.17, 15) is 14.0 Å². The second-order valence-electron chi connectivity index (χ2n) is 9.74. The van der Waals surface area contributed by atoms with Crippen LogP contribution in [0.2, 0.25) is 0 Å². The Labute approximate surface area is 211 Å². The summed E-state index contributed by atoms with van der Waals surface area (Å²) in [6.45, 7) is 3.02. The number of aromatic nitrogens is 1. The molecular formula is C26H23FN6O2S. The average Bonchev–Trinajstić information content (AvgIpc) is 3.48. The smallest absolute Gasteiger partial charge is 0.240 e. The molecule has 1 aromatic carbocycles. The van der Waals surface area contributed by atoms with Gasteiger partial charge in [-0.1, -0.05) is 30.8 Å². The Hall–Kier alpha value is -3.71. The molecule has 10 heteroatoms. The molecule has 1 saturated carbocycles. The van der Waals surface area contributed by atoms with Crippen molar-refractivity contribution in [2.24, 2.45) is 22.6 Å². The number of nitriles is 1. The van der Waals surface area contributed by atoms with E-state index in [1.165, 1.54) is 36.2 Å². The zero-order chi connectivity index (χ0) is 25.2. The van der Waals surface area contributed by atoms with Gasteiger partial charge in [0.05, 0.1) is 23.3 Å². The molecule has 2 aliphatic carbocycles. The zero-order valence-electron chi connectivity index (χ0n) is 19.5. The van der Waals surface area contributed by atoms with Crippen molar-refractivity contribution in [3.05, 3.63) is 64.5 Å². The number of nitrogens with two attached hydrogens (primary N) is 1. The number of rotatable bonds is 3. The van der Waals surface area contributed by atoms with Gasteiger partial charge in [-0.05, 0) is 46.9 Å². The molecule has 2 amide bonds. The predicted octanol–water partition coefficient (Wildman–Crippen LogP) is 2.20. The van der Waals surface area contributed by atoms with Gasteiger partial charge in [0, 0.05) is 31.6 Å². The number of aliphatic imine (C=N–C) groups is 1. The first kappa shape index (κ1) is 22.7. The monoisotopic (exact) mass is 502 g/mol. The van der Waals surface area contributed by atoms with Gasteiger partial charge < -0.3 is 16.0 Å². The minimum atomic E-state index is -0.745. The van der Waals surface area contributed by atoms with Gasteiger partial charge in [-0.2, -0.15) is 5.26 Å². The van der Waals surface area contributed by atoms with Crippen molar-refractivity contribution in [3.8, 4) is 6.07 Å². The number of piperazine rings is 1. The quantitative estimate of drug-likeness (QED) is 0.663. The standard InChI is InChI=1S/C26H23FN6O2S/c1-14-22-25(32-24(29)36-26(14,22)23(35)33-7-6-30-21(34)13-33)10-17-4-2-15(8-18(17)25)9-19(27)20-5-3-16(11-28)12-31-20/h2-5,8-9,12,14,22H,6-7,10,13H2,1H3,(H2,29,32)(H,30,34)/b19-9-/t14?,22?,25-,26+/m1/s1. The number of carbonyl (C=O) groups is 2. The Morgan fingerprint density at radius 2 is 2.22 bits per heavy atom. The minimum absolute atomic E-state index is 0.0247. The van der Waals surface area contributed by atoms with Crippen LogP contribution in [0.15, 0.2) is 41.5 Å². The summed E-state index contributed by atoms with van der Waals surface area (Å²) in [5, 5.41) is 12.1. The Morgan fingerprint density at radius 1 is 1.39 bits per heavy atom. The van der Waals surface area contributed by atoms with Crippen molar-refractivity contribution in [1.82, 2.24) is 15.2 Å². The van der Waals surface area contributed by atoms with Crippen LogP contribution in [-0.4, -0.2) is 51.2 Å². The SMILES string of the molecule is CC1C2[C@@]1(C(=O)N1CCNC(=O)C1)SC(N)=N[C@@]21Cc2ccc(/C=C(\F)c3ccc(C#N)cn3)cc21. The van der Waals surface area contributed by atoms with Gasteiger partial charge in [-0.15, -0.1) is 0 Å². The van der Waals surface area contributed by atoms with Crippen LogP contribution >= 0.6 is 11.8 Å². The molecular weight excluding hydrogens is 479 g/mol. The first-order chi connectivity index (χ1) is 17.3. The van der Waals surface area contributed by atoms with E-state index >= 15 is 0 Å². The highest BCUT2D eigenvalue weighted by molar-refractivity contribution is 8.15. The van der Waals surface area contributed by atoms with Crippen LogP contribution in [0.4, 0.5) is 4.39 Å². The lowest BCUT2D eigenvalue weighted by molar-refractivity contribution is -0.138. The van der Waals surface area contributed by atoms with Gasteiger partial charge in [0.2, 0.25) is 11.8 Å². The minimum Gasteiger partial charge on any atom is -0.378 e. The Bertz CT molecular complexity index is 1420. The molecule has 182 valence electrons. The first-order valence-electron chi connectivity index (χ1n) is 11.8. The second kappa shape index (κ2) is 7.90. The van der Waals surface area contributed by atoms with E-state index < -0.39 is 16.1 Å². The summed E-state index contributed by atoms with van der Waals surface area (Å²) < 4.78 is 14.2. The molecule has 2 aliphatic heterocycles. The van der Waals surface area contributed by atoms with Crippen LogP contribution in [0, 0.1) is 23.2 Å². The summed E-state index contributed by atoms with van der Waals surface area (Å²) in [5.74, 6) is -0.757. The van der Waals surface area contributed by atoms with E-state index in [0.717, 1.165) is 11.1 Å². The molecule has 1 aromatic heterocycles. The molecule has 1 spiro atoms. The normalized spacial score (nSPS) is 30.4. The summed E-state index contributed by atoms with van der Waals surface area (Å²) in [7, 11) is 0.